The summed E-state index contributed by atoms with van der Waals surface area (Å²) in [7, 11) is 0. The Kier molecular flexibility index (Phi) is 8.86. The second-order valence-electron chi connectivity index (χ2n) is 12.9. The highest BCUT2D eigenvalue weighted by molar-refractivity contribution is 5.87. The molecule has 0 aliphatic carbocycles. The third-order valence-electron chi connectivity index (χ3n) is 9.40. The molecule has 6 aromatic carbocycles. The van der Waals surface area contributed by atoms with Gasteiger partial charge in [0.25, 0.3) is 0 Å². The molecule has 0 amide bonds. The van der Waals surface area contributed by atoms with E-state index in [9.17, 15) is 0 Å². The molecule has 0 saturated carbocycles. The van der Waals surface area contributed by atoms with Gasteiger partial charge in [-0.15, -0.1) is 0 Å². The molecule has 0 bridgehead atoms. The lowest BCUT2D eigenvalue weighted by molar-refractivity contribution is 1.18. The van der Waals surface area contributed by atoms with Crippen LogP contribution in [-0.4, -0.2) is 24.9 Å². The quantitative estimate of drug-likeness (QED) is 0.159. The van der Waals surface area contributed by atoms with Crippen LogP contribution in [0.15, 0.2) is 200 Å². The molecule has 0 aliphatic rings. The van der Waals surface area contributed by atoms with E-state index in [1.54, 1.807) is 0 Å². The van der Waals surface area contributed by atoms with Crippen molar-refractivity contribution in [3.63, 3.8) is 0 Å². The van der Waals surface area contributed by atoms with Crippen molar-refractivity contribution in [2.24, 2.45) is 0 Å². The fourth-order valence-corrected chi connectivity index (χ4v) is 6.72. The highest BCUT2D eigenvalue weighted by atomic mass is 14.9. The minimum atomic E-state index is 0.658. The lowest BCUT2D eigenvalue weighted by Crippen LogP contribution is -2.01. The summed E-state index contributed by atoms with van der Waals surface area (Å²) < 4.78 is 0. The zero-order valence-electron chi connectivity index (χ0n) is 29.3. The first kappa shape index (κ1) is 32.5. The number of hydrogen-bond acceptors (Lipinski definition) is 5. The van der Waals surface area contributed by atoms with Gasteiger partial charge in [-0.3, -0.25) is 4.98 Å². The molecule has 3 heterocycles. The van der Waals surface area contributed by atoms with E-state index >= 15 is 0 Å². The van der Waals surface area contributed by atoms with Crippen LogP contribution in [0.3, 0.4) is 0 Å². The second kappa shape index (κ2) is 14.7. The largest absolute Gasteiger partial charge is 0.265 e. The third-order valence-corrected chi connectivity index (χ3v) is 9.40. The summed E-state index contributed by atoms with van der Waals surface area (Å²) in [6.07, 6.45) is 3.63. The third kappa shape index (κ3) is 6.70. The molecule has 254 valence electrons. The van der Waals surface area contributed by atoms with Gasteiger partial charge in [0.1, 0.15) is 0 Å². The van der Waals surface area contributed by atoms with Gasteiger partial charge in [0.15, 0.2) is 5.82 Å². The van der Waals surface area contributed by atoms with Crippen LogP contribution in [-0.2, 0) is 0 Å². The van der Waals surface area contributed by atoms with Crippen LogP contribution in [0.4, 0.5) is 0 Å². The maximum absolute atomic E-state index is 5.47. The molecule has 0 spiro atoms. The standard InChI is InChI=1S/C49H33N5/c1-5-15-35(16-6-1)45-46(36-17-7-2-8-18-36)54-48(47(53-45)37-19-9-3-10-20-37)42-26-14-25-41(32-42)44-33-43(51-49(52-44)38-21-11-4-12-22-38)40-24-13-23-39(31-40)34-27-29-50-30-28-34/h1-33H. The summed E-state index contributed by atoms with van der Waals surface area (Å²) in [4.78, 5) is 25.4. The average Bonchev–Trinajstić information content (AvgIpc) is 3.27. The van der Waals surface area contributed by atoms with Crippen LogP contribution >= 0.6 is 0 Å². The molecular formula is C49H33N5. The number of nitrogens with zero attached hydrogens (tertiary/aromatic N) is 5. The fourth-order valence-electron chi connectivity index (χ4n) is 6.72. The monoisotopic (exact) mass is 691 g/mol. The molecular weight excluding hydrogens is 659 g/mol. The van der Waals surface area contributed by atoms with Crippen molar-refractivity contribution in [2.75, 3.05) is 0 Å². The Labute approximate surface area is 314 Å². The smallest absolute Gasteiger partial charge is 0.160 e. The summed E-state index contributed by atoms with van der Waals surface area (Å²) in [6, 6.07) is 64.1. The Morgan fingerprint density at radius 2 is 0.611 bits per heavy atom. The van der Waals surface area contributed by atoms with E-state index in [0.29, 0.717) is 5.82 Å². The van der Waals surface area contributed by atoms with Crippen molar-refractivity contribution in [1.82, 2.24) is 24.9 Å². The van der Waals surface area contributed by atoms with Gasteiger partial charge in [0.2, 0.25) is 0 Å². The fraction of sp³-hybridized carbons (Fsp3) is 0. The predicted molar refractivity (Wildman–Crippen MR) is 219 cm³/mol. The lowest BCUT2D eigenvalue weighted by Gasteiger charge is -2.16. The Bertz CT molecular complexity index is 2680. The van der Waals surface area contributed by atoms with E-state index in [1.807, 2.05) is 109 Å². The van der Waals surface area contributed by atoms with E-state index in [2.05, 4.69) is 96.0 Å². The van der Waals surface area contributed by atoms with E-state index in [1.165, 1.54) is 0 Å². The van der Waals surface area contributed by atoms with E-state index in [-0.39, 0.29) is 0 Å². The Hall–Kier alpha value is -7.37. The van der Waals surface area contributed by atoms with Crippen molar-refractivity contribution in [3.8, 4) is 90.1 Å². The maximum atomic E-state index is 5.47. The molecule has 0 radical (unpaired) electrons. The summed E-state index contributed by atoms with van der Waals surface area (Å²) in [5, 5.41) is 0. The normalized spacial score (nSPS) is 11.0. The molecule has 0 saturated heterocycles. The molecule has 0 atom stereocenters. The van der Waals surface area contributed by atoms with Crippen molar-refractivity contribution < 1.29 is 0 Å². The zero-order chi connectivity index (χ0) is 36.1. The Morgan fingerprint density at radius 3 is 1.09 bits per heavy atom. The van der Waals surface area contributed by atoms with Crippen molar-refractivity contribution >= 4 is 0 Å². The van der Waals surface area contributed by atoms with Crippen LogP contribution in [0.2, 0.25) is 0 Å². The maximum Gasteiger partial charge on any atom is 0.160 e. The van der Waals surface area contributed by atoms with E-state index in [4.69, 9.17) is 19.9 Å². The van der Waals surface area contributed by atoms with Gasteiger partial charge >= 0.3 is 0 Å². The predicted octanol–water partition coefficient (Wildman–Crippen LogP) is 12.0. The van der Waals surface area contributed by atoms with Gasteiger partial charge in [0, 0.05) is 51.3 Å². The summed E-state index contributed by atoms with van der Waals surface area (Å²) in [5.41, 5.74) is 14.0. The first-order valence-corrected chi connectivity index (χ1v) is 17.9. The number of rotatable bonds is 8. The van der Waals surface area contributed by atoms with Gasteiger partial charge in [-0.25, -0.2) is 19.9 Å². The minimum Gasteiger partial charge on any atom is -0.265 e. The van der Waals surface area contributed by atoms with E-state index < -0.39 is 0 Å². The molecule has 0 aliphatic heterocycles. The van der Waals surface area contributed by atoms with Crippen molar-refractivity contribution in [1.29, 1.82) is 0 Å². The molecule has 5 heteroatoms. The number of benzene rings is 6. The average molecular weight is 692 g/mol. The van der Waals surface area contributed by atoms with Crippen molar-refractivity contribution in [2.45, 2.75) is 0 Å². The molecule has 54 heavy (non-hydrogen) atoms. The summed E-state index contributed by atoms with van der Waals surface area (Å²) >= 11 is 0. The van der Waals surface area contributed by atoms with E-state index in [0.717, 1.165) is 84.2 Å². The topological polar surface area (TPSA) is 64.5 Å². The van der Waals surface area contributed by atoms with Crippen molar-refractivity contribution in [3.05, 3.63) is 200 Å². The SMILES string of the molecule is c1ccc(-c2nc(-c3cccc(-c4ccncc4)c3)cc(-c3cccc(-c4nc(-c5ccccc5)c(-c5ccccc5)nc4-c4ccccc4)c3)n2)cc1. The zero-order valence-corrected chi connectivity index (χ0v) is 29.3. The van der Waals surface area contributed by atoms with Gasteiger partial charge in [-0.2, -0.15) is 0 Å². The van der Waals surface area contributed by atoms with Crippen LogP contribution in [0.25, 0.3) is 90.1 Å². The Morgan fingerprint density at radius 1 is 0.241 bits per heavy atom. The highest BCUT2D eigenvalue weighted by Gasteiger charge is 2.20. The van der Waals surface area contributed by atoms with Gasteiger partial charge in [-0.1, -0.05) is 158 Å². The minimum absolute atomic E-state index is 0.658. The van der Waals surface area contributed by atoms with Crippen LogP contribution in [0, 0.1) is 0 Å². The Balaban J connectivity index is 1.23. The van der Waals surface area contributed by atoms with Crippen LogP contribution < -0.4 is 0 Å². The first-order valence-electron chi connectivity index (χ1n) is 17.9. The molecule has 9 aromatic rings. The molecule has 5 nitrogen and oxygen atoms in total. The lowest BCUT2D eigenvalue weighted by atomic mass is 9.97. The first-order chi connectivity index (χ1) is 26.8. The summed E-state index contributed by atoms with van der Waals surface area (Å²) in [6.45, 7) is 0. The molecule has 0 N–H and O–H groups in total. The molecule has 3 aromatic heterocycles. The van der Waals surface area contributed by atoms with Gasteiger partial charge in [0.05, 0.1) is 34.2 Å². The van der Waals surface area contributed by atoms with Gasteiger partial charge < -0.3 is 0 Å². The summed E-state index contributed by atoms with van der Waals surface area (Å²) in [5.74, 6) is 0.658. The number of pyridine rings is 1. The molecule has 0 fully saturated rings. The molecule has 0 unspecified atom stereocenters. The number of hydrogen-bond donors (Lipinski definition) is 0. The van der Waals surface area contributed by atoms with Gasteiger partial charge in [-0.05, 0) is 41.5 Å². The van der Waals surface area contributed by atoms with Crippen LogP contribution in [0.1, 0.15) is 0 Å². The highest BCUT2D eigenvalue weighted by Crippen LogP contribution is 2.38. The second-order valence-corrected chi connectivity index (χ2v) is 12.9. The number of aromatic nitrogens is 5. The van der Waals surface area contributed by atoms with Crippen LogP contribution in [0.5, 0.6) is 0 Å². The molecule has 9 rings (SSSR count).